The number of nitriles is 1. The van der Waals surface area contributed by atoms with Crippen LogP contribution < -0.4 is 30.3 Å². The summed E-state index contributed by atoms with van der Waals surface area (Å²) in [7, 11) is 0. The van der Waals surface area contributed by atoms with E-state index >= 15 is 13.2 Å². The predicted octanol–water partition coefficient (Wildman–Crippen LogP) is 7.17. The molecule has 4 saturated heterocycles. The number of aromatic nitrogens is 2. The second-order valence-corrected chi connectivity index (χ2v) is 20.2. The lowest BCUT2D eigenvalue weighted by Gasteiger charge is -2.43. The van der Waals surface area contributed by atoms with Gasteiger partial charge in [-0.3, -0.25) is 34.3 Å². The van der Waals surface area contributed by atoms with Crippen molar-refractivity contribution in [1.82, 2.24) is 30.4 Å². The van der Waals surface area contributed by atoms with Crippen molar-refractivity contribution in [2.75, 3.05) is 69.2 Å². The smallest absolute Gasteiger partial charge is 0.428 e. The van der Waals surface area contributed by atoms with Gasteiger partial charge in [0.2, 0.25) is 35.1 Å². The SMILES string of the molecule is N#Cc1cccc2[nH]c(-c3ccccc3OC3(C(F)(F)F)CCN(C(=O)[C@H]4CC(=O)Nc5cc(OCCNC(=O)C6CCN(CC7CCN(c8cncc(C9CCC(=O)NC9=O)c8)CC7)CC6)ccc54)CC3)cc12. The Morgan fingerprint density at radius 3 is 2.41 bits per heavy atom. The normalized spacial score (nSPS) is 20.8. The zero-order valence-electron chi connectivity index (χ0n) is 40.8. The van der Waals surface area contributed by atoms with Gasteiger partial charge in [0.1, 0.15) is 18.1 Å². The number of carbonyl (C=O) groups is 5. The van der Waals surface area contributed by atoms with Crippen LogP contribution in [0.2, 0.25) is 0 Å². The molecule has 3 aromatic carbocycles. The van der Waals surface area contributed by atoms with Crippen LogP contribution in [0.4, 0.5) is 24.5 Å². The lowest BCUT2D eigenvalue weighted by molar-refractivity contribution is -0.260. The van der Waals surface area contributed by atoms with Crippen LogP contribution in [0.5, 0.6) is 11.5 Å². The highest BCUT2D eigenvalue weighted by atomic mass is 19.4. The average molecular weight is 1010 g/mol. The highest BCUT2D eigenvalue weighted by molar-refractivity contribution is 6.02. The van der Waals surface area contributed by atoms with Crippen molar-refractivity contribution in [2.45, 2.75) is 81.4 Å². The topological polar surface area (TPSA) is 202 Å². The molecular weight excluding hydrogens is 956 g/mol. The van der Waals surface area contributed by atoms with Crippen LogP contribution in [0.15, 0.2) is 85.2 Å². The number of hydrogen-bond donors (Lipinski definition) is 4. The molecule has 2 aromatic heterocycles. The van der Waals surface area contributed by atoms with Crippen LogP contribution in [-0.2, 0) is 24.0 Å². The number of pyridine rings is 1. The van der Waals surface area contributed by atoms with Gasteiger partial charge < -0.3 is 39.8 Å². The van der Waals surface area contributed by atoms with Gasteiger partial charge in [0.25, 0.3) is 0 Å². The summed E-state index contributed by atoms with van der Waals surface area (Å²) in [5.41, 5.74) is 2.14. The first-order chi connectivity index (χ1) is 35.7. The quantitative estimate of drug-likeness (QED) is 0.0688. The number of rotatable bonds is 13. The molecule has 0 saturated carbocycles. The predicted molar refractivity (Wildman–Crippen MR) is 268 cm³/mol. The standard InChI is InChI=1S/C55H58F3N9O7/c56-55(57,58)54(74-48-7-2-1-5-42(48)47-28-43-36(30-59)4-3-6-45(43)62-47)16-23-67(24-17-54)53(72)44-29-50(69)63-46-27-39(8-9-41(44)46)73-25-18-61-51(70)35-14-19-65(20-15-35)33-34-12-21-66(22-13-34)38-26-37(31-60-32-38)40-10-11-49(68)64-52(40)71/h1-9,26-28,31-32,34-35,40,44,62H,10-25,29,33H2,(H,61,70)(H,63,69)(H,64,68,71)/t40?,44-/m0/s1. The van der Waals surface area contributed by atoms with E-state index in [-0.39, 0.29) is 68.0 Å². The molecule has 7 heterocycles. The number of aromatic amines is 1. The van der Waals surface area contributed by atoms with Gasteiger partial charge in [-0.15, -0.1) is 0 Å². The lowest BCUT2D eigenvalue weighted by Crippen LogP contribution is -2.58. The molecule has 0 radical (unpaired) electrons. The number of carbonyl (C=O) groups excluding carboxylic acids is 5. The molecule has 74 heavy (non-hydrogen) atoms. The lowest BCUT2D eigenvalue weighted by atomic mass is 9.86. The molecule has 19 heteroatoms. The van der Waals surface area contributed by atoms with E-state index in [1.54, 1.807) is 66.9 Å². The van der Waals surface area contributed by atoms with Crippen LogP contribution in [-0.4, -0.2) is 120 Å². The van der Waals surface area contributed by atoms with E-state index < -0.39 is 42.4 Å². The number of piperidine rings is 4. The summed E-state index contributed by atoms with van der Waals surface area (Å²) < 4.78 is 57.2. The number of para-hydroxylation sites is 1. The maximum atomic E-state index is 15.1. The number of hydrogen-bond acceptors (Lipinski definition) is 11. The summed E-state index contributed by atoms with van der Waals surface area (Å²) in [6, 6.07) is 22.5. The van der Waals surface area contributed by atoms with Crippen molar-refractivity contribution < 1.29 is 46.6 Å². The van der Waals surface area contributed by atoms with Crippen molar-refractivity contribution >= 4 is 51.8 Å². The Hall–Kier alpha value is -7.46. The second-order valence-electron chi connectivity index (χ2n) is 20.2. The van der Waals surface area contributed by atoms with Crippen LogP contribution in [0.25, 0.3) is 22.2 Å². The maximum Gasteiger partial charge on any atom is 0.428 e. The summed E-state index contributed by atoms with van der Waals surface area (Å²) in [4.78, 5) is 78.1. The fourth-order valence-electron chi connectivity index (χ4n) is 11.3. The molecule has 0 aliphatic carbocycles. The number of benzene rings is 3. The molecule has 5 amide bonds. The van der Waals surface area contributed by atoms with E-state index in [2.05, 4.69) is 41.8 Å². The highest BCUT2D eigenvalue weighted by Gasteiger charge is 2.59. The third-order valence-electron chi connectivity index (χ3n) is 15.5. The van der Waals surface area contributed by atoms with Gasteiger partial charge >= 0.3 is 6.18 Å². The molecule has 2 atom stereocenters. The zero-order valence-corrected chi connectivity index (χ0v) is 40.8. The highest BCUT2D eigenvalue weighted by Crippen LogP contribution is 2.46. The number of anilines is 2. The Bertz CT molecular complexity index is 2980. The molecule has 10 rings (SSSR count). The van der Waals surface area contributed by atoms with Gasteiger partial charge in [-0.05, 0) is 105 Å². The van der Waals surface area contributed by atoms with E-state index in [0.29, 0.717) is 63.5 Å². The van der Waals surface area contributed by atoms with Gasteiger partial charge in [-0.2, -0.15) is 18.4 Å². The molecule has 0 spiro atoms. The first kappa shape index (κ1) is 50.1. The summed E-state index contributed by atoms with van der Waals surface area (Å²) >= 11 is 0. The molecule has 5 aliphatic rings. The summed E-state index contributed by atoms with van der Waals surface area (Å²) in [6.45, 7) is 4.38. The Labute approximate surface area is 425 Å². The summed E-state index contributed by atoms with van der Waals surface area (Å²) in [5.74, 6) is -1.76. The minimum Gasteiger partial charge on any atom is -0.492 e. The number of fused-ring (bicyclic) bond motifs is 2. The maximum absolute atomic E-state index is 15.1. The number of nitrogens with one attached hydrogen (secondary N) is 4. The van der Waals surface area contributed by atoms with Gasteiger partial charge in [-0.25, -0.2) is 0 Å². The van der Waals surface area contributed by atoms with Gasteiger partial charge in [0.15, 0.2) is 0 Å². The minimum absolute atomic E-state index is 0.0129. The van der Waals surface area contributed by atoms with E-state index in [1.807, 2.05) is 12.3 Å². The van der Waals surface area contributed by atoms with Gasteiger partial charge in [0.05, 0.1) is 47.6 Å². The van der Waals surface area contributed by atoms with Crippen LogP contribution in [0, 0.1) is 23.2 Å². The van der Waals surface area contributed by atoms with Crippen molar-refractivity contribution in [3.63, 3.8) is 0 Å². The molecule has 5 aliphatic heterocycles. The Balaban J connectivity index is 0.671. The van der Waals surface area contributed by atoms with Crippen LogP contribution in [0.1, 0.15) is 86.3 Å². The largest absolute Gasteiger partial charge is 0.492 e. The zero-order chi connectivity index (χ0) is 51.6. The molecule has 4 fully saturated rings. The number of amides is 5. The van der Waals surface area contributed by atoms with Gasteiger partial charge in [-0.1, -0.05) is 24.3 Å². The number of imide groups is 1. The van der Waals surface area contributed by atoms with Crippen molar-refractivity contribution in [3.05, 3.63) is 102 Å². The number of halogens is 3. The number of H-pyrrole nitrogens is 1. The third kappa shape index (κ3) is 10.6. The molecule has 386 valence electrons. The first-order valence-electron chi connectivity index (χ1n) is 25.5. The molecule has 16 nitrogen and oxygen atoms in total. The molecule has 4 N–H and O–H groups in total. The first-order valence-corrected chi connectivity index (χ1v) is 25.5. The molecule has 0 bridgehead atoms. The van der Waals surface area contributed by atoms with Crippen LogP contribution >= 0.6 is 0 Å². The van der Waals surface area contributed by atoms with Gasteiger partial charge in [0, 0.05) is 98.7 Å². The van der Waals surface area contributed by atoms with Crippen LogP contribution in [0.3, 0.4) is 0 Å². The average Bonchev–Trinajstić information content (AvgIpc) is 3.85. The van der Waals surface area contributed by atoms with E-state index in [1.165, 1.54) is 11.0 Å². The molecule has 1 unspecified atom stereocenters. The fraction of sp³-hybridized carbons (Fsp3) is 0.436. The monoisotopic (exact) mass is 1010 g/mol. The van der Waals surface area contributed by atoms with E-state index in [0.717, 1.165) is 69.7 Å². The third-order valence-corrected chi connectivity index (χ3v) is 15.5. The van der Waals surface area contributed by atoms with Crippen molar-refractivity contribution in [3.8, 4) is 28.8 Å². The number of likely N-dealkylation sites (tertiary alicyclic amines) is 2. The summed E-state index contributed by atoms with van der Waals surface area (Å²) in [5, 5.41) is 18.5. The number of nitrogens with zero attached hydrogens (tertiary/aromatic N) is 5. The Morgan fingerprint density at radius 2 is 1.65 bits per heavy atom. The molecular formula is C55H58F3N9O7. The van der Waals surface area contributed by atoms with Crippen molar-refractivity contribution in [2.24, 2.45) is 11.8 Å². The minimum atomic E-state index is -4.78. The Kier molecular flexibility index (Phi) is 14.3. The number of alkyl halides is 3. The second kappa shape index (κ2) is 21.2. The summed E-state index contributed by atoms with van der Waals surface area (Å²) in [6.07, 6.45) is 1.96. The van der Waals surface area contributed by atoms with E-state index in [4.69, 9.17) is 9.47 Å². The molecule has 5 aromatic rings. The van der Waals surface area contributed by atoms with E-state index in [9.17, 15) is 29.2 Å². The Morgan fingerprint density at radius 1 is 0.865 bits per heavy atom. The van der Waals surface area contributed by atoms with Crippen molar-refractivity contribution in [1.29, 1.82) is 5.26 Å². The number of ether oxygens (including phenoxy) is 2. The fourth-order valence-corrected chi connectivity index (χ4v) is 11.3.